The summed E-state index contributed by atoms with van der Waals surface area (Å²) in [5.74, 6) is 0.671. The summed E-state index contributed by atoms with van der Waals surface area (Å²) in [4.78, 5) is 11.4. The second-order valence-electron chi connectivity index (χ2n) is 4.60. The summed E-state index contributed by atoms with van der Waals surface area (Å²) >= 11 is 0. The van der Waals surface area contributed by atoms with E-state index in [1.54, 1.807) is 32.1 Å². The molecule has 1 rings (SSSR count). The molecule has 0 amide bonds. The number of aliphatic hydroxyl groups excluding tert-OH is 1. The van der Waals surface area contributed by atoms with Crippen molar-refractivity contribution in [2.24, 2.45) is 0 Å². The van der Waals surface area contributed by atoms with Crippen LogP contribution in [-0.2, 0) is 11.2 Å². The van der Waals surface area contributed by atoms with E-state index in [4.69, 9.17) is 9.47 Å². The number of hydrogen-bond acceptors (Lipinski definition) is 4. The fraction of sp³-hybridized carbons (Fsp3) is 0.438. The molecule has 110 valence electrons. The minimum Gasteiger partial charge on any atom is -0.490 e. The van der Waals surface area contributed by atoms with Crippen LogP contribution in [0.4, 0.5) is 0 Å². The molecule has 0 heterocycles. The van der Waals surface area contributed by atoms with E-state index in [1.165, 1.54) is 6.08 Å². The molecule has 0 bridgehead atoms. The summed E-state index contributed by atoms with van der Waals surface area (Å²) in [5.41, 5.74) is 1.04. The van der Waals surface area contributed by atoms with Crippen molar-refractivity contribution < 1.29 is 19.4 Å². The molecule has 0 aromatic heterocycles. The molecule has 4 nitrogen and oxygen atoms in total. The average molecular weight is 278 g/mol. The molecule has 0 fully saturated rings. The van der Waals surface area contributed by atoms with Gasteiger partial charge in [0.1, 0.15) is 18.1 Å². The van der Waals surface area contributed by atoms with E-state index in [0.29, 0.717) is 11.5 Å². The first kappa shape index (κ1) is 16.2. The zero-order chi connectivity index (χ0) is 15.0. The van der Waals surface area contributed by atoms with Gasteiger partial charge in [0.25, 0.3) is 0 Å². The standard InChI is InChI=1S/C16H22O4/c1-4-6-13-8-9-14(20-16(18)7-5-2)10-15(13)19-11-12(3)17/h5,7-10,12,17H,4,6,11H2,1-3H3. The van der Waals surface area contributed by atoms with Gasteiger partial charge in [-0.2, -0.15) is 0 Å². The Hall–Kier alpha value is -1.81. The number of ether oxygens (including phenoxy) is 2. The van der Waals surface area contributed by atoms with Crippen molar-refractivity contribution >= 4 is 5.97 Å². The van der Waals surface area contributed by atoms with Crippen LogP contribution in [0.3, 0.4) is 0 Å². The number of esters is 1. The van der Waals surface area contributed by atoms with Crippen LogP contribution in [0.15, 0.2) is 30.4 Å². The van der Waals surface area contributed by atoms with Gasteiger partial charge in [-0.05, 0) is 31.9 Å². The highest BCUT2D eigenvalue weighted by atomic mass is 16.5. The van der Waals surface area contributed by atoms with Crippen molar-refractivity contribution in [1.82, 2.24) is 0 Å². The highest BCUT2D eigenvalue weighted by Gasteiger charge is 2.09. The van der Waals surface area contributed by atoms with Crippen LogP contribution >= 0.6 is 0 Å². The van der Waals surface area contributed by atoms with Crippen LogP contribution in [0.2, 0.25) is 0 Å². The molecular weight excluding hydrogens is 256 g/mol. The predicted molar refractivity (Wildman–Crippen MR) is 78.1 cm³/mol. The van der Waals surface area contributed by atoms with Gasteiger partial charge in [0, 0.05) is 12.1 Å². The molecule has 1 unspecified atom stereocenters. The third-order valence-corrected chi connectivity index (χ3v) is 2.56. The summed E-state index contributed by atoms with van der Waals surface area (Å²) in [7, 11) is 0. The third kappa shape index (κ3) is 5.45. The fourth-order valence-electron chi connectivity index (χ4n) is 1.71. The number of allylic oxidation sites excluding steroid dienone is 1. The Labute approximate surface area is 120 Å². The van der Waals surface area contributed by atoms with Gasteiger partial charge in [-0.1, -0.05) is 25.5 Å². The first-order chi connectivity index (χ1) is 9.56. The van der Waals surface area contributed by atoms with Gasteiger partial charge in [-0.15, -0.1) is 0 Å². The third-order valence-electron chi connectivity index (χ3n) is 2.56. The van der Waals surface area contributed by atoms with Crippen molar-refractivity contribution in [3.05, 3.63) is 35.9 Å². The zero-order valence-corrected chi connectivity index (χ0v) is 12.3. The van der Waals surface area contributed by atoms with Crippen molar-refractivity contribution in [2.75, 3.05) is 6.61 Å². The molecule has 0 aliphatic carbocycles. The molecule has 0 aliphatic heterocycles. The summed E-state index contributed by atoms with van der Waals surface area (Å²) in [6.45, 7) is 5.71. The van der Waals surface area contributed by atoms with Crippen LogP contribution in [0.25, 0.3) is 0 Å². The van der Waals surface area contributed by atoms with E-state index in [2.05, 4.69) is 6.92 Å². The Balaban J connectivity index is 2.88. The maximum atomic E-state index is 11.4. The molecule has 1 aromatic carbocycles. The summed E-state index contributed by atoms with van der Waals surface area (Å²) < 4.78 is 10.7. The van der Waals surface area contributed by atoms with Gasteiger partial charge in [-0.25, -0.2) is 4.79 Å². The maximum absolute atomic E-state index is 11.4. The molecule has 0 spiro atoms. The lowest BCUT2D eigenvalue weighted by atomic mass is 10.1. The Kier molecular flexibility index (Phi) is 6.81. The minimum absolute atomic E-state index is 0.211. The summed E-state index contributed by atoms with van der Waals surface area (Å²) in [6.07, 6.45) is 4.30. The smallest absolute Gasteiger partial charge is 0.335 e. The molecule has 20 heavy (non-hydrogen) atoms. The lowest BCUT2D eigenvalue weighted by Gasteiger charge is -2.13. The van der Waals surface area contributed by atoms with Crippen LogP contribution in [0.5, 0.6) is 11.5 Å². The first-order valence-corrected chi connectivity index (χ1v) is 6.85. The van der Waals surface area contributed by atoms with Gasteiger partial charge in [0.2, 0.25) is 0 Å². The van der Waals surface area contributed by atoms with Crippen LogP contribution in [0, 0.1) is 0 Å². The molecular formula is C16H22O4. The highest BCUT2D eigenvalue weighted by molar-refractivity contribution is 5.84. The number of aryl methyl sites for hydroxylation is 1. The van der Waals surface area contributed by atoms with Gasteiger partial charge >= 0.3 is 5.97 Å². The Bertz CT molecular complexity index is 464. The monoisotopic (exact) mass is 278 g/mol. The lowest BCUT2D eigenvalue weighted by molar-refractivity contribution is -0.129. The molecule has 1 N–H and O–H groups in total. The first-order valence-electron chi connectivity index (χ1n) is 6.85. The highest BCUT2D eigenvalue weighted by Crippen LogP contribution is 2.26. The molecule has 0 saturated heterocycles. The lowest BCUT2D eigenvalue weighted by Crippen LogP contribution is -2.14. The van der Waals surface area contributed by atoms with E-state index in [0.717, 1.165) is 18.4 Å². The maximum Gasteiger partial charge on any atom is 0.335 e. The van der Waals surface area contributed by atoms with Crippen molar-refractivity contribution in [3.63, 3.8) is 0 Å². The molecule has 0 aliphatic rings. The number of rotatable bonds is 7. The average Bonchev–Trinajstić information content (AvgIpc) is 2.39. The van der Waals surface area contributed by atoms with Gasteiger partial charge in [0.15, 0.2) is 0 Å². The number of aliphatic hydroxyl groups is 1. The number of benzene rings is 1. The van der Waals surface area contributed by atoms with Gasteiger partial charge in [0.05, 0.1) is 6.10 Å². The largest absolute Gasteiger partial charge is 0.490 e. The normalized spacial score (nSPS) is 12.4. The molecule has 4 heteroatoms. The van der Waals surface area contributed by atoms with Crippen molar-refractivity contribution in [2.45, 2.75) is 39.7 Å². The number of carbonyl (C=O) groups is 1. The molecule has 0 radical (unpaired) electrons. The van der Waals surface area contributed by atoms with Crippen LogP contribution in [0.1, 0.15) is 32.8 Å². The van der Waals surface area contributed by atoms with Crippen molar-refractivity contribution in [3.8, 4) is 11.5 Å². The Morgan fingerprint density at radius 3 is 2.80 bits per heavy atom. The second kappa shape index (κ2) is 8.38. The minimum atomic E-state index is -0.543. The second-order valence-corrected chi connectivity index (χ2v) is 4.60. The van der Waals surface area contributed by atoms with E-state index >= 15 is 0 Å². The van der Waals surface area contributed by atoms with Crippen molar-refractivity contribution in [1.29, 1.82) is 0 Å². The molecule has 1 atom stereocenters. The topological polar surface area (TPSA) is 55.8 Å². The van der Waals surface area contributed by atoms with Gasteiger partial charge in [-0.3, -0.25) is 0 Å². The van der Waals surface area contributed by atoms with E-state index < -0.39 is 12.1 Å². The Morgan fingerprint density at radius 2 is 2.20 bits per heavy atom. The zero-order valence-electron chi connectivity index (χ0n) is 12.3. The van der Waals surface area contributed by atoms with Crippen LogP contribution < -0.4 is 9.47 Å². The van der Waals surface area contributed by atoms with E-state index in [9.17, 15) is 9.90 Å². The van der Waals surface area contributed by atoms with Gasteiger partial charge < -0.3 is 14.6 Å². The predicted octanol–water partition coefficient (Wildman–Crippen LogP) is 2.88. The molecule has 1 aromatic rings. The SMILES string of the molecule is CC=CC(=O)Oc1ccc(CCC)c(OCC(C)O)c1. The molecule has 0 saturated carbocycles. The fourth-order valence-corrected chi connectivity index (χ4v) is 1.71. The van der Waals surface area contributed by atoms with Crippen LogP contribution in [-0.4, -0.2) is 23.8 Å². The number of hydrogen-bond donors (Lipinski definition) is 1. The Morgan fingerprint density at radius 1 is 1.45 bits per heavy atom. The summed E-state index contributed by atoms with van der Waals surface area (Å²) in [5, 5.41) is 9.30. The van der Waals surface area contributed by atoms with E-state index in [-0.39, 0.29) is 6.61 Å². The number of carbonyl (C=O) groups excluding carboxylic acids is 1. The van der Waals surface area contributed by atoms with E-state index in [1.807, 2.05) is 6.07 Å². The quantitative estimate of drug-likeness (QED) is 0.473. The summed E-state index contributed by atoms with van der Waals surface area (Å²) in [6, 6.07) is 5.33.